The van der Waals surface area contributed by atoms with Gasteiger partial charge in [0.25, 0.3) is 5.69 Å². The summed E-state index contributed by atoms with van der Waals surface area (Å²) >= 11 is 1.22. The predicted molar refractivity (Wildman–Crippen MR) is 61.9 cm³/mol. The minimum absolute atomic E-state index is 0.0206. The van der Waals surface area contributed by atoms with E-state index in [-0.39, 0.29) is 12.3 Å². The van der Waals surface area contributed by atoms with Gasteiger partial charge in [-0.1, -0.05) is 0 Å². The molecule has 92 valence electrons. The van der Waals surface area contributed by atoms with E-state index < -0.39 is 4.92 Å². The van der Waals surface area contributed by atoms with E-state index in [1.807, 2.05) is 0 Å². The van der Waals surface area contributed by atoms with Crippen LogP contribution in [0.4, 0.5) is 5.69 Å². The van der Waals surface area contributed by atoms with Gasteiger partial charge in [0.05, 0.1) is 22.5 Å². The molecule has 1 aromatic carbocycles. The summed E-state index contributed by atoms with van der Waals surface area (Å²) in [5.74, 6) is 1.32. The third kappa shape index (κ3) is 2.62. The van der Waals surface area contributed by atoms with E-state index in [0.29, 0.717) is 35.4 Å². The predicted octanol–water partition coefficient (Wildman–Crippen LogP) is 1.45. The molecule has 0 saturated heterocycles. The van der Waals surface area contributed by atoms with Crippen LogP contribution in [0.3, 0.4) is 0 Å². The second kappa shape index (κ2) is 5.24. The number of hydrogen-bond donors (Lipinski definition) is 1. The Kier molecular flexibility index (Phi) is 3.70. The average Bonchev–Trinajstić information content (AvgIpc) is 2.35. The molecular formula is C10H11NO5S. The zero-order valence-corrected chi connectivity index (χ0v) is 9.74. The van der Waals surface area contributed by atoms with Crippen molar-refractivity contribution in [1.82, 2.24) is 0 Å². The Bertz CT molecular complexity index is 437. The van der Waals surface area contributed by atoms with Gasteiger partial charge in [0, 0.05) is 11.8 Å². The van der Waals surface area contributed by atoms with E-state index in [1.165, 1.54) is 17.8 Å². The molecule has 0 saturated carbocycles. The first-order valence-electron chi connectivity index (χ1n) is 5.04. The lowest BCUT2D eigenvalue weighted by Gasteiger charge is -2.18. The summed E-state index contributed by atoms with van der Waals surface area (Å²) in [4.78, 5) is 10.9. The number of benzene rings is 1. The number of rotatable bonds is 4. The third-order valence-corrected chi connectivity index (χ3v) is 3.19. The van der Waals surface area contributed by atoms with E-state index in [2.05, 4.69) is 0 Å². The Hall–Kier alpha value is -1.47. The maximum atomic E-state index is 10.9. The Morgan fingerprint density at radius 3 is 2.59 bits per heavy atom. The van der Waals surface area contributed by atoms with Gasteiger partial charge in [0.1, 0.15) is 13.2 Å². The highest BCUT2D eigenvalue weighted by Crippen LogP contribution is 2.40. The second-order valence-corrected chi connectivity index (χ2v) is 4.43. The van der Waals surface area contributed by atoms with Gasteiger partial charge in [0.15, 0.2) is 11.5 Å². The molecule has 0 spiro atoms. The quantitative estimate of drug-likeness (QED) is 0.499. The molecule has 2 rings (SSSR count). The summed E-state index contributed by atoms with van der Waals surface area (Å²) < 4.78 is 10.6. The van der Waals surface area contributed by atoms with Crippen LogP contribution in [0.25, 0.3) is 0 Å². The summed E-state index contributed by atoms with van der Waals surface area (Å²) in [5.41, 5.74) is -0.0206. The Morgan fingerprint density at radius 2 is 2.00 bits per heavy atom. The number of fused-ring (bicyclic) bond motifs is 1. The van der Waals surface area contributed by atoms with Gasteiger partial charge in [-0.15, -0.1) is 11.8 Å². The van der Waals surface area contributed by atoms with E-state index in [1.54, 1.807) is 6.07 Å². The maximum Gasteiger partial charge on any atom is 0.286 e. The molecule has 17 heavy (non-hydrogen) atoms. The van der Waals surface area contributed by atoms with Gasteiger partial charge >= 0.3 is 0 Å². The Balaban J connectivity index is 2.37. The first kappa shape index (κ1) is 12.0. The smallest absolute Gasteiger partial charge is 0.286 e. The van der Waals surface area contributed by atoms with Gasteiger partial charge in [-0.3, -0.25) is 10.1 Å². The first-order valence-corrected chi connectivity index (χ1v) is 6.02. The van der Waals surface area contributed by atoms with Crippen LogP contribution in [0.5, 0.6) is 11.5 Å². The van der Waals surface area contributed by atoms with Gasteiger partial charge in [-0.2, -0.15) is 0 Å². The van der Waals surface area contributed by atoms with Crippen LogP contribution in [-0.2, 0) is 0 Å². The largest absolute Gasteiger partial charge is 0.486 e. The maximum absolute atomic E-state index is 10.9. The summed E-state index contributed by atoms with van der Waals surface area (Å²) in [6, 6.07) is 2.96. The van der Waals surface area contributed by atoms with E-state index >= 15 is 0 Å². The number of hydrogen-bond acceptors (Lipinski definition) is 6. The van der Waals surface area contributed by atoms with Crippen molar-refractivity contribution >= 4 is 17.4 Å². The molecule has 0 bridgehead atoms. The van der Waals surface area contributed by atoms with Gasteiger partial charge in [0.2, 0.25) is 0 Å². The number of nitro groups is 1. The number of aliphatic hydroxyl groups excluding tert-OH is 1. The molecule has 1 aromatic rings. The van der Waals surface area contributed by atoms with Crippen molar-refractivity contribution in [2.75, 3.05) is 25.6 Å². The molecule has 1 aliphatic heterocycles. The summed E-state index contributed by atoms with van der Waals surface area (Å²) in [5, 5.41) is 19.7. The number of ether oxygens (including phenoxy) is 2. The van der Waals surface area contributed by atoms with Crippen molar-refractivity contribution in [3.8, 4) is 11.5 Å². The van der Waals surface area contributed by atoms with Crippen LogP contribution in [0.2, 0.25) is 0 Å². The van der Waals surface area contributed by atoms with E-state index in [0.717, 1.165) is 0 Å². The van der Waals surface area contributed by atoms with Gasteiger partial charge < -0.3 is 14.6 Å². The molecule has 0 aliphatic carbocycles. The van der Waals surface area contributed by atoms with E-state index in [9.17, 15) is 10.1 Å². The number of thioether (sulfide) groups is 1. The molecule has 7 heteroatoms. The molecule has 0 fully saturated rings. The zero-order valence-electron chi connectivity index (χ0n) is 8.92. The lowest BCUT2D eigenvalue weighted by molar-refractivity contribution is -0.387. The molecular weight excluding hydrogens is 246 g/mol. The topological polar surface area (TPSA) is 81.8 Å². The van der Waals surface area contributed by atoms with E-state index in [4.69, 9.17) is 14.6 Å². The SMILES string of the molecule is O=[N+]([O-])c1cc2c(cc1SCCO)OCCO2. The standard InChI is InChI=1S/C10H11NO5S/c12-1-4-17-10-6-9-8(15-2-3-16-9)5-7(10)11(13)14/h5-6,12H,1-4H2. The normalized spacial score (nSPS) is 13.5. The molecule has 0 radical (unpaired) electrons. The number of aliphatic hydroxyl groups is 1. The molecule has 1 heterocycles. The van der Waals surface area contributed by atoms with Crippen LogP contribution in [0.15, 0.2) is 17.0 Å². The average molecular weight is 257 g/mol. The van der Waals surface area contributed by atoms with Gasteiger partial charge in [-0.05, 0) is 0 Å². The molecule has 1 N–H and O–H groups in total. The highest BCUT2D eigenvalue weighted by molar-refractivity contribution is 7.99. The number of nitrogens with zero attached hydrogens (tertiary/aromatic N) is 1. The summed E-state index contributed by atoms with van der Waals surface area (Å²) in [6.07, 6.45) is 0. The first-order chi connectivity index (χ1) is 8.22. The molecule has 0 atom stereocenters. The molecule has 0 amide bonds. The van der Waals surface area contributed by atoms with Crippen LogP contribution in [0.1, 0.15) is 0 Å². The minimum atomic E-state index is -0.460. The second-order valence-electron chi connectivity index (χ2n) is 3.29. The van der Waals surface area contributed by atoms with Crippen LogP contribution in [-0.4, -0.2) is 35.6 Å². The molecule has 0 unspecified atom stereocenters. The Labute approximate surface area is 102 Å². The van der Waals surface area contributed by atoms with Crippen molar-refractivity contribution < 1.29 is 19.5 Å². The van der Waals surface area contributed by atoms with Crippen molar-refractivity contribution in [2.45, 2.75) is 4.90 Å². The highest BCUT2D eigenvalue weighted by Gasteiger charge is 2.22. The summed E-state index contributed by atoms with van der Waals surface area (Å²) in [7, 11) is 0. The third-order valence-electron chi connectivity index (χ3n) is 2.17. The number of nitro benzene ring substituents is 1. The van der Waals surface area contributed by atoms with Crippen LogP contribution in [0, 0.1) is 10.1 Å². The van der Waals surface area contributed by atoms with Crippen molar-refractivity contribution in [2.24, 2.45) is 0 Å². The van der Waals surface area contributed by atoms with Crippen molar-refractivity contribution in [3.05, 3.63) is 22.2 Å². The Morgan fingerprint density at radius 1 is 1.35 bits per heavy atom. The monoisotopic (exact) mass is 257 g/mol. The molecule has 6 nitrogen and oxygen atoms in total. The summed E-state index contributed by atoms with van der Waals surface area (Å²) in [6.45, 7) is 0.804. The fraction of sp³-hybridized carbons (Fsp3) is 0.400. The lowest BCUT2D eigenvalue weighted by Crippen LogP contribution is -2.15. The van der Waals surface area contributed by atoms with Crippen molar-refractivity contribution in [1.29, 1.82) is 0 Å². The van der Waals surface area contributed by atoms with Gasteiger partial charge in [-0.25, -0.2) is 0 Å². The highest BCUT2D eigenvalue weighted by atomic mass is 32.2. The van der Waals surface area contributed by atoms with Crippen molar-refractivity contribution in [3.63, 3.8) is 0 Å². The fourth-order valence-corrected chi connectivity index (χ4v) is 2.26. The fourth-order valence-electron chi connectivity index (χ4n) is 1.47. The lowest BCUT2D eigenvalue weighted by atomic mass is 10.2. The van der Waals surface area contributed by atoms with Crippen LogP contribution >= 0.6 is 11.8 Å². The minimum Gasteiger partial charge on any atom is -0.486 e. The molecule has 1 aliphatic rings. The van der Waals surface area contributed by atoms with Crippen LogP contribution < -0.4 is 9.47 Å². The zero-order chi connectivity index (χ0) is 12.3. The molecule has 0 aromatic heterocycles.